The summed E-state index contributed by atoms with van der Waals surface area (Å²) in [7, 11) is 2.07. The summed E-state index contributed by atoms with van der Waals surface area (Å²) in [5.41, 5.74) is 1.63. The number of rotatable bonds is 3. The average molecular weight is 330 g/mol. The lowest BCUT2D eigenvalue weighted by Crippen LogP contribution is -2.53. The standard InChI is InChI=1S/C18H26N4O2/c1-3-14-13-19-7-6-15(14)17(23)22-8-4-5-16(22)18(24)21-11-9-20(2)10-12-21/h6-7,13,16H,3-5,8-12H2,1-2H3. The van der Waals surface area contributed by atoms with Crippen LogP contribution >= 0.6 is 0 Å². The van der Waals surface area contributed by atoms with E-state index in [-0.39, 0.29) is 17.9 Å². The molecular weight excluding hydrogens is 304 g/mol. The van der Waals surface area contributed by atoms with Gasteiger partial charge < -0.3 is 14.7 Å². The summed E-state index contributed by atoms with van der Waals surface area (Å²) in [5.74, 6) is 0.0836. The van der Waals surface area contributed by atoms with E-state index in [1.54, 1.807) is 23.4 Å². The molecule has 0 radical (unpaired) electrons. The highest BCUT2D eigenvalue weighted by atomic mass is 16.2. The van der Waals surface area contributed by atoms with E-state index in [1.807, 2.05) is 11.8 Å². The minimum Gasteiger partial charge on any atom is -0.338 e. The van der Waals surface area contributed by atoms with Crippen molar-refractivity contribution >= 4 is 11.8 Å². The lowest BCUT2D eigenvalue weighted by Gasteiger charge is -2.36. The Balaban J connectivity index is 1.75. The summed E-state index contributed by atoms with van der Waals surface area (Å²) in [5, 5.41) is 0. The van der Waals surface area contributed by atoms with Crippen molar-refractivity contribution in [1.82, 2.24) is 19.7 Å². The van der Waals surface area contributed by atoms with E-state index in [4.69, 9.17) is 0 Å². The van der Waals surface area contributed by atoms with Crippen LogP contribution < -0.4 is 0 Å². The fourth-order valence-electron chi connectivity index (χ4n) is 3.58. The van der Waals surface area contributed by atoms with Gasteiger partial charge in [0.15, 0.2) is 0 Å². The van der Waals surface area contributed by atoms with Gasteiger partial charge in [-0.1, -0.05) is 6.92 Å². The number of hydrogen-bond donors (Lipinski definition) is 0. The Hall–Kier alpha value is -1.95. The molecule has 2 saturated heterocycles. The van der Waals surface area contributed by atoms with E-state index >= 15 is 0 Å². The zero-order valence-corrected chi connectivity index (χ0v) is 14.6. The van der Waals surface area contributed by atoms with Crippen LogP contribution in [-0.2, 0) is 11.2 Å². The van der Waals surface area contributed by atoms with Crippen molar-refractivity contribution in [2.24, 2.45) is 0 Å². The van der Waals surface area contributed by atoms with Crippen molar-refractivity contribution in [3.8, 4) is 0 Å². The molecule has 2 fully saturated rings. The van der Waals surface area contributed by atoms with Gasteiger partial charge in [-0.05, 0) is 37.9 Å². The number of aryl methyl sites for hydroxylation is 1. The zero-order valence-electron chi connectivity index (χ0n) is 14.6. The minimum absolute atomic E-state index is 0.0285. The molecule has 3 heterocycles. The van der Waals surface area contributed by atoms with Gasteiger partial charge in [0.05, 0.1) is 0 Å². The van der Waals surface area contributed by atoms with E-state index in [2.05, 4.69) is 16.9 Å². The second-order valence-electron chi connectivity index (χ2n) is 6.67. The van der Waals surface area contributed by atoms with Gasteiger partial charge in [-0.2, -0.15) is 0 Å². The number of amides is 2. The van der Waals surface area contributed by atoms with Gasteiger partial charge in [0.2, 0.25) is 5.91 Å². The number of likely N-dealkylation sites (N-methyl/N-ethyl adjacent to an activating group) is 1. The molecule has 6 nitrogen and oxygen atoms in total. The number of likely N-dealkylation sites (tertiary alicyclic amines) is 1. The quantitative estimate of drug-likeness (QED) is 0.830. The van der Waals surface area contributed by atoms with Gasteiger partial charge in [-0.25, -0.2) is 0 Å². The van der Waals surface area contributed by atoms with Crippen LogP contribution in [0.3, 0.4) is 0 Å². The molecule has 2 aliphatic rings. The topological polar surface area (TPSA) is 56.8 Å². The van der Waals surface area contributed by atoms with Gasteiger partial charge in [-0.15, -0.1) is 0 Å². The molecule has 1 unspecified atom stereocenters. The average Bonchev–Trinajstić information content (AvgIpc) is 3.10. The molecule has 1 atom stereocenters. The minimum atomic E-state index is -0.307. The van der Waals surface area contributed by atoms with Gasteiger partial charge in [-0.3, -0.25) is 14.6 Å². The maximum Gasteiger partial charge on any atom is 0.254 e. The van der Waals surface area contributed by atoms with Crippen molar-refractivity contribution in [2.75, 3.05) is 39.8 Å². The largest absolute Gasteiger partial charge is 0.338 e. The smallest absolute Gasteiger partial charge is 0.254 e. The Morgan fingerprint density at radius 3 is 2.67 bits per heavy atom. The molecule has 2 amide bonds. The third-order valence-electron chi connectivity index (χ3n) is 5.13. The second kappa shape index (κ2) is 7.30. The maximum absolute atomic E-state index is 13.0. The number of piperazine rings is 1. The number of nitrogens with zero attached hydrogens (tertiary/aromatic N) is 4. The van der Waals surface area contributed by atoms with Crippen LogP contribution in [0.5, 0.6) is 0 Å². The third kappa shape index (κ3) is 3.29. The first-order valence-corrected chi connectivity index (χ1v) is 8.83. The van der Waals surface area contributed by atoms with Crippen LogP contribution in [0.25, 0.3) is 0 Å². The number of pyridine rings is 1. The normalized spacial score (nSPS) is 22.0. The molecule has 0 aliphatic carbocycles. The molecule has 2 aliphatic heterocycles. The predicted octanol–water partition coefficient (Wildman–Crippen LogP) is 1.02. The van der Waals surface area contributed by atoms with Crippen LogP contribution in [0.15, 0.2) is 18.5 Å². The van der Waals surface area contributed by atoms with Crippen molar-refractivity contribution in [3.05, 3.63) is 29.6 Å². The zero-order chi connectivity index (χ0) is 17.1. The van der Waals surface area contributed by atoms with Crippen LogP contribution in [0.4, 0.5) is 0 Å². The second-order valence-corrected chi connectivity index (χ2v) is 6.67. The third-order valence-corrected chi connectivity index (χ3v) is 5.13. The van der Waals surface area contributed by atoms with Crippen LogP contribution in [0, 0.1) is 0 Å². The number of hydrogen-bond acceptors (Lipinski definition) is 4. The first kappa shape index (κ1) is 16.9. The molecule has 0 bridgehead atoms. The molecule has 3 rings (SSSR count). The van der Waals surface area contributed by atoms with E-state index in [0.29, 0.717) is 12.1 Å². The lowest BCUT2D eigenvalue weighted by molar-refractivity contribution is -0.136. The Kier molecular flexibility index (Phi) is 5.14. The van der Waals surface area contributed by atoms with Crippen molar-refractivity contribution in [3.63, 3.8) is 0 Å². The molecule has 24 heavy (non-hydrogen) atoms. The Morgan fingerprint density at radius 2 is 1.96 bits per heavy atom. The highest BCUT2D eigenvalue weighted by Gasteiger charge is 2.37. The van der Waals surface area contributed by atoms with Gasteiger partial charge in [0, 0.05) is 50.7 Å². The van der Waals surface area contributed by atoms with Gasteiger partial charge in [0.1, 0.15) is 6.04 Å². The molecular formula is C18H26N4O2. The summed E-state index contributed by atoms with van der Waals surface area (Å²) in [6.45, 7) is 5.99. The Labute approximate surface area is 143 Å². The highest BCUT2D eigenvalue weighted by Crippen LogP contribution is 2.23. The van der Waals surface area contributed by atoms with Gasteiger partial charge >= 0.3 is 0 Å². The fraction of sp³-hybridized carbons (Fsp3) is 0.611. The predicted molar refractivity (Wildman–Crippen MR) is 91.8 cm³/mol. The molecule has 0 saturated carbocycles. The number of carbonyl (C=O) groups is 2. The summed E-state index contributed by atoms with van der Waals surface area (Å²) in [4.78, 5) is 35.9. The Morgan fingerprint density at radius 1 is 1.21 bits per heavy atom. The van der Waals surface area contributed by atoms with Crippen molar-refractivity contribution in [2.45, 2.75) is 32.2 Å². The molecule has 130 valence electrons. The summed E-state index contributed by atoms with van der Waals surface area (Å²) in [6, 6.07) is 1.47. The molecule has 0 N–H and O–H groups in total. The summed E-state index contributed by atoms with van der Waals surface area (Å²) >= 11 is 0. The first-order chi connectivity index (χ1) is 11.6. The van der Waals surface area contributed by atoms with E-state index in [9.17, 15) is 9.59 Å². The Bertz CT molecular complexity index is 611. The van der Waals surface area contributed by atoms with E-state index in [0.717, 1.165) is 51.0 Å². The molecule has 6 heteroatoms. The summed E-state index contributed by atoms with van der Waals surface area (Å²) < 4.78 is 0. The molecule has 0 spiro atoms. The lowest BCUT2D eigenvalue weighted by atomic mass is 10.1. The van der Waals surface area contributed by atoms with Crippen molar-refractivity contribution in [1.29, 1.82) is 0 Å². The fourth-order valence-corrected chi connectivity index (χ4v) is 3.58. The van der Waals surface area contributed by atoms with Crippen molar-refractivity contribution < 1.29 is 9.59 Å². The molecule has 1 aromatic rings. The SMILES string of the molecule is CCc1cnccc1C(=O)N1CCCC1C(=O)N1CCN(C)CC1. The van der Waals surface area contributed by atoms with Crippen LogP contribution in [0.1, 0.15) is 35.7 Å². The van der Waals surface area contributed by atoms with Crippen LogP contribution in [0.2, 0.25) is 0 Å². The first-order valence-electron chi connectivity index (χ1n) is 8.83. The molecule has 1 aromatic heterocycles. The highest BCUT2D eigenvalue weighted by molar-refractivity contribution is 5.99. The van der Waals surface area contributed by atoms with Gasteiger partial charge in [0.25, 0.3) is 5.91 Å². The number of aromatic nitrogens is 1. The van der Waals surface area contributed by atoms with E-state index in [1.165, 1.54) is 0 Å². The maximum atomic E-state index is 13.0. The summed E-state index contributed by atoms with van der Waals surface area (Å²) in [6.07, 6.45) is 5.83. The molecule has 0 aromatic carbocycles. The van der Waals surface area contributed by atoms with Crippen LogP contribution in [-0.4, -0.2) is 77.3 Å². The van der Waals surface area contributed by atoms with E-state index < -0.39 is 0 Å². The number of carbonyl (C=O) groups excluding carboxylic acids is 2. The monoisotopic (exact) mass is 330 g/mol.